The van der Waals surface area contributed by atoms with Crippen LogP contribution in [0.4, 0.5) is 4.79 Å². The first-order chi connectivity index (χ1) is 11.5. The summed E-state index contributed by atoms with van der Waals surface area (Å²) in [5.41, 5.74) is 2.44. The molecule has 0 saturated carbocycles. The van der Waals surface area contributed by atoms with E-state index in [4.69, 9.17) is 0 Å². The highest BCUT2D eigenvalue weighted by Crippen LogP contribution is 2.19. The predicted molar refractivity (Wildman–Crippen MR) is 96.7 cm³/mol. The Morgan fingerprint density at radius 3 is 2.79 bits per heavy atom. The van der Waals surface area contributed by atoms with E-state index in [9.17, 15) is 9.90 Å². The molecule has 5 heteroatoms. The van der Waals surface area contributed by atoms with Gasteiger partial charge in [-0.25, -0.2) is 4.79 Å². The molecular weight excluding hydrogens is 302 g/mol. The summed E-state index contributed by atoms with van der Waals surface area (Å²) in [5, 5.41) is 12.3. The molecular formula is C19H31N3O2. The molecule has 0 radical (unpaired) electrons. The second kappa shape index (κ2) is 9.04. The third-order valence-corrected chi connectivity index (χ3v) is 4.57. The van der Waals surface area contributed by atoms with Crippen LogP contribution in [0.25, 0.3) is 0 Å². The molecule has 1 aromatic carbocycles. The monoisotopic (exact) mass is 333 g/mol. The van der Waals surface area contributed by atoms with Crippen LogP contribution in [0.5, 0.6) is 0 Å². The van der Waals surface area contributed by atoms with Crippen molar-refractivity contribution in [2.24, 2.45) is 5.92 Å². The van der Waals surface area contributed by atoms with Gasteiger partial charge in [0.15, 0.2) is 0 Å². The lowest BCUT2D eigenvalue weighted by Gasteiger charge is -2.31. The molecule has 2 N–H and O–H groups in total. The quantitative estimate of drug-likeness (QED) is 0.841. The van der Waals surface area contributed by atoms with Crippen LogP contribution >= 0.6 is 0 Å². The summed E-state index contributed by atoms with van der Waals surface area (Å²) in [5.74, 6) is 0.764. The number of nitrogens with one attached hydrogen (secondary N) is 1. The Kier molecular flexibility index (Phi) is 7.06. The highest BCUT2D eigenvalue weighted by Gasteiger charge is 2.17. The maximum atomic E-state index is 12.1. The molecule has 2 atom stereocenters. The number of amides is 2. The highest BCUT2D eigenvalue weighted by molar-refractivity contribution is 5.73. The van der Waals surface area contributed by atoms with Crippen molar-refractivity contribution in [2.45, 2.75) is 45.9 Å². The van der Waals surface area contributed by atoms with Crippen molar-refractivity contribution in [1.82, 2.24) is 15.1 Å². The molecule has 2 rings (SSSR count). The van der Waals surface area contributed by atoms with Crippen molar-refractivity contribution in [3.63, 3.8) is 0 Å². The Balaban J connectivity index is 1.92. The Hall–Kier alpha value is -1.59. The number of hydrogen-bond acceptors (Lipinski definition) is 3. The van der Waals surface area contributed by atoms with Crippen molar-refractivity contribution in [3.8, 4) is 0 Å². The number of aliphatic hydroxyl groups is 1. The minimum absolute atomic E-state index is 0.155. The number of likely N-dealkylation sites (tertiary alicyclic amines) is 1. The minimum Gasteiger partial charge on any atom is -0.392 e. The molecule has 24 heavy (non-hydrogen) atoms. The first kappa shape index (κ1) is 18.7. The third kappa shape index (κ3) is 5.80. The summed E-state index contributed by atoms with van der Waals surface area (Å²) in [6.07, 6.45) is 2.07. The highest BCUT2D eigenvalue weighted by atomic mass is 16.3. The number of nitrogens with zero attached hydrogens (tertiary/aromatic N) is 2. The average Bonchev–Trinajstić information content (AvgIpc) is 2.53. The smallest absolute Gasteiger partial charge is 0.317 e. The molecule has 2 amide bonds. The average molecular weight is 333 g/mol. The molecule has 0 aromatic heterocycles. The van der Waals surface area contributed by atoms with Gasteiger partial charge in [0.1, 0.15) is 0 Å². The number of hydrogen-bond donors (Lipinski definition) is 2. The van der Waals surface area contributed by atoms with Gasteiger partial charge < -0.3 is 15.3 Å². The molecule has 1 heterocycles. The van der Waals surface area contributed by atoms with Gasteiger partial charge in [0.2, 0.25) is 0 Å². The third-order valence-electron chi connectivity index (χ3n) is 4.57. The van der Waals surface area contributed by atoms with Gasteiger partial charge in [-0.1, -0.05) is 31.2 Å². The van der Waals surface area contributed by atoms with Crippen LogP contribution in [0.15, 0.2) is 24.3 Å². The minimum atomic E-state index is -0.519. The standard InChI is InChI=1S/C19H31N3O2/c1-15-7-6-10-22(12-15)14-18-9-5-4-8-17(18)11-20-19(24)21(3)13-16(2)23/h4-5,8-9,15-16,23H,6-7,10-14H2,1-3H3,(H,20,24). The lowest BCUT2D eigenvalue weighted by atomic mass is 9.99. The van der Waals surface area contributed by atoms with E-state index in [0.717, 1.165) is 31.1 Å². The fraction of sp³-hybridized carbons (Fsp3) is 0.632. The van der Waals surface area contributed by atoms with E-state index in [2.05, 4.69) is 35.3 Å². The van der Waals surface area contributed by atoms with E-state index < -0.39 is 6.10 Å². The van der Waals surface area contributed by atoms with Gasteiger partial charge in [0, 0.05) is 33.2 Å². The van der Waals surface area contributed by atoms with Crippen molar-refractivity contribution < 1.29 is 9.90 Å². The van der Waals surface area contributed by atoms with Gasteiger partial charge in [-0.15, -0.1) is 0 Å². The molecule has 1 aliphatic rings. The van der Waals surface area contributed by atoms with Crippen LogP contribution < -0.4 is 5.32 Å². The fourth-order valence-electron chi connectivity index (χ4n) is 3.34. The Morgan fingerprint density at radius 1 is 1.42 bits per heavy atom. The van der Waals surface area contributed by atoms with Gasteiger partial charge in [-0.3, -0.25) is 4.90 Å². The molecule has 1 saturated heterocycles. The van der Waals surface area contributed by atoms with E-state index in [-0.39, 0.29) is 6.03 Å². The van der Waals surface area contributed by atoms with Crippen LogP contribution in [-0.4, -0.2) is 53.7 Å². The molecule has 2 unspecified atom stereocenters. The fourth-order valence-corrected chi connectivity index (χ4v) is 3.34. The van der Waals surface area contributed by atoms with Gasteiger partial charge in [-0.2, -0.15) is 0 Å². The molecule has 1 fully saturated rings. The van der Waals surface area contributed by atoms with Crippen LogP contribution in [-0.2, 0) is 13.1 Å². The molecule has 134 valence electrons. The predicted octanol–water partition coefficient (Wildman–Crippen LogP) is 2.44. The summed E-state index contributed by atoms with van der Waals surface area (Å²) >= 11 is 0. The van der Waals surface area contributed by atoms with E-state index in [0.29, 0.717) is 13.1 Å². The zero-order chi connectivity index (χ0) is 17.5. The van der Waals surface area contributed by atoms with Crippen LogP contribution in [0, 0.1) is 5.92 Å². The number of urea groups is 1. The van der Waals surface area contributed by atoms with E-state index in [1.54, 1.807) is 14.0 Å². The van der Waals surface area contributed by atoms with Crippen LogP contribution in [0.3, 0.4) is 0 Å². The maximum absolute atomic E-state index is 12.1. The Bertz CT molecular complexity index is 533. The van der Waals surface area contributed by atoms with E-state index >= 15 is 0 Å². The summed E-state index contributed by atoms with van der Waals surface area (Å²) in [4.78, 5) is 16.1. The first-order valence-corrected chi connectivity index (χ1v) is 8.92. The molecule has 0 bridgehead atoms. The van der Waals surface area contributed by atoms with Crippen LogP contribution in [0.2, 0.25) is 0 Å². The largest absolute Gasteiger partial charge is 0.392 e. The zero-order valence-corrected chi connectivity index (χ0v) is 15.2. The van der Waals surface area contributed by atoms with Crippen molar-refractivity contribution in [1.29, 1.82) is 0 Å². The zero-order valence-electron chi connectivity index (χ0n) is 15.2. The number of piperidine rings is 1. The summed E-state index contributed by atoms with van der Waals surface area (Å²) in [6, 6.07) is 8.16. The number of aliphatic hydroxyl groups excluding tert-OH is 1. The lowest BCUT2D eigenvalue weighted by molar-refractivity contribution is 0.143. The second-order valence-corrected chi connectivity index (χ2v) is 7.14. The van der Waals surface area contributed by atoms with Crippen molar-refractivity contribution in [3.05, 3.63) is 35.4 Å². The molecule has 1 aliphatic heterocycles. The van der Waals surface area contributed by atoms with E-state index in [1.807, 2.05) is 6.07 Å². The van der Waals surface area contributed by atoms with Gasteiger partial charge >= 0.3 is 6.03 Å². The van der Waals surface area contributed by atoms with Gasteiger partial charge in [0.25, 0.3) is 0 Å². The van der Waals surface area contributed by atoms with Crippen molar-refractivity contribution >= 4 is 6.03 Å². The number of likely N-dealkylation sites (N-methyl/N-ethyl adjacent to an activating group) is 1. The Morgan fingerprint density at radius 2 is 2.12 bits per heavy atom. The lowest BCUT2D eigenvalue weighted by Crippen LogP contribution is -2.40. The van der Waals surface area contributed by atoms with E-state index in [1.165, 1.54) is 23.3 Å². The molecule has 5 nitrogen and oxygen atoms in total. The number of carbonyl (C=O) groups is 1. The molecule has 0 aliphatic carbocycles. The summed E-state index contributed by atoms with van der Waals surface area (Å²) in [6.45, 7) is 8.09. The number of carbonyl (C=O) groups excluding carboxylic acids is 1. The normalized spacial score (nSPS) is 19.8. The molecule has 0 spiro atoms. The maximum Gasteiger partial charge on any atom is 0.317 e. The molecule has 1 aromatic rings. The van der Waals surface area contributed by atoms with Crippen molar-refractivity contribution in [2.75, 3.05) is 26.7 Å². The Labute approximate surface area is 145 Å². The number of rotatable bonds is 6. The first-order valence-electron chi connectivity index (χ1n) is 8.92. The van der Waals surface area contributed by atoms with Gasteiger partial charge in [-0.05, 0) is 43.4 Å². The van der Waals surface area contributed by atoms with Crippen LogP contribution in [0.1, 0.15) is 37.8 Å². The summed E-state index contributed by atoms with van der Waals surface area (Å²) < 4.78 is 0. The number of benzene rings is 1. The topological polar surface area (TPSA) is 55.8 Å². The SMILES string of the molecule is CC(O)CN(C)C(=O)NCc1ccccc1CN1CCCC(C)C1. The second-order valence-electron chi connectivity index (χ2n) is 7.14. The van der Waals surface area contributed by atoms with Gasteiger partial charge in [0.05, 0.1) is 6.10 Å². The summed E-state index contributed by atoms with van der Waals surface area (Å²) in [7, 11) is 1.70.